The Labute approximate surface area is 482 Å². The molecule has 0 amide bonds. The molecular formula is C64H91BrF2N4O5Pd. The molecule has 0 saturated heterocycles. The summed E-state index contributed by atoms with van der Waals surface area (Å²) in [5.41, 5.74) is 15.0. The van der Waals surface area contributed by atoms with Gasteiger partial charge in [-0.3, -0.25) is 13.6 Å². The largest absolute Gasteiger partial charge is 0.478 e. The number of allylic oxidation sites excluding steroid dienone is 2. The number of hydrogen-bond acceptors (Lipinski definition) is 3. The molecule has 4 aliphatic rings. The minimum atomic E-state index is -0.897. The SMILES string of the molecule is C.CF.CF.CO.Cc1ccc2c(C3=CCCCC3)c[nH]c2c1.Cc1ccc2c(C3CCCCC3)c(Br)[nH]c2c1.Cc1ccc2c(C3CCCCC3)c[nH]c2c1.O.O=C(O)c1ccc2cc[nH]c2c1.O=C1CCCCC1.[3HH].[3HH].[Pd]. The van der Waals surface area contributed by atoms with E-state index in [1.54, 1.807) is 30.0 Å². The van der Waals surface area contributed by atoms with Crippen molar-refractivity contribution in [1.82, 2.24) is 19.9 Å². The molecule has 0 bridgehead atoms. The van der Waals surface area contributed by atoms with Crippen molar-refractivity contribution in [2.75, 3.05) is 21.5 Å². The van der Waals surface area contributed by atoms with Crippen LogP contribution >= 0.6 is 15.9 Å². The molecule has 4 aromatic heterocycles. The number of aliphatic hydroxyl groups is 1. The fourth-order valence-corrected chi connectivity index (χ4v) is 11.6. The van der Waals surface area contributed by atoms with Crippen LogP contribution < -0.4 is 0 Å². The normalized spacial score (nSPS) is 15.0. The molecule has 4 aromatic carbocycles. The zero-order chi connectivity index (χ0) is 53.4. The van der Waals surface area contributed by atoms with Crippen molar-refractivity contribution >= 4 is 76.9 Å². The maximum Gasteiger partial charge on any atom is 0.335 e. The number of rotatable bonds is 4. The summed E-state index contributed by atoms with van der Waals surface area (Å²) in [6, 6.07) is 27.1. The third-order valence-corrected chi connectivity index (χ3v) is 15.2. The van der Waals surface area contributed by atoms with Crippen LogP contribution in [0.25, 0.3) is 49.2 Å². The van der Waals surface area contributed by atoms with E-state index in [0.29, 0.717) is 25.7 Å². The zero-order valence-corrected chi connectivity index (χ0v) is 48.7. The van der Waals surface area contributed by atoms with Crippen LogP contribution in [0.5, 0.6) is 0 Å². The van der Waals surface area contributed by atoms with Crippen LogP contribution in [0.1, 0.15) is 188 Å². The first-order valence-corrected chi connectivity index (χ1v) is 27.6. The Morgan fingerprint density at radius 1 is 0.597 bits per heavy atom. The number of ketones is 1. The number of hydrogen-bond donors (Lipinski definition) is 6. The number of halogens is 3. The molecular weight excluding hydrogens is 1130 g/mol. The fraction of sp³-hybridized carbons (Fsp3) is 0.438. The number of carbonyl (C=O) groups excluding carboxylic acids is 1. The zero-order valence-electron chi connectivity index (χ0n) is 45.6. The van der Waals surface area contributed by atoms with Gasteiger partial charge in [0.15, 0.2) is 0 Å². The van der Waals surface area contributed by atoms with Crippen LogP contribution in [0, 0.1) is 20.8 Å². The quantitative estimate of drug-likeness (QED) is 0.0965. The van der Waals surface area contributed by atoms with Gasteiger partial charge in [0.2, 0.25) is 0 Å². The number of aromatic nitrogens is 4. The van der Waals surface area contributed by atoms with Crippen molar-refractivity contribution in [3.8, 4) is 0 Å². The number of aryl methyl sites for hydroxylation is 3. The topological polar surface area (TPSA) is 169 Å². The third kappa shape index (κ3) is 19.6. The van der Waals surface area contributed by atoms with Crippen LogP contribution in [0.15, 0.2) is 108 Å². The standard InChI is InChI=1S/C15H18BrN.C15H19N.C15H17N.C9H7NO2.C6H10O.2CH3F.CH4O.CH4.H2O.Pd.2H2/c1-10-7-8-12-13(9-10)17-15(16)14(12)11-5-3-2-4-6-11;2*1-11-7-8-13-14(10-16-15(13)9-11)12-5-3-2-4-6-12;11-9(12)7-2-1-6-3-4-10-8(6)5-7;7-6-4-2-1-3-5-6;3*1-2;;;;;/h7-9,11,17H,2-6H2,1H3;7-10,12,16H,2-6H2,1H3;5,7-10,16H,2-4,6H2,1H3;1-5,10H,(H,11,12);1-5H2;2*1H3;2H,1H3;1H4;1H2;;2*1H/i;;;;;;;;;;;2*1+2. The van der Waals surface area contributed by atoms with Gasteiger partial charge in [-0.2, -0.15) is 0 Å². The third-order valence-electron chi connectivity index (χ3n) is 14.6. The maximum absolute atomic E-state index is 10.6. The number of carboxylic acids is 1. The second-order valence-corrected chi connectivity index (χ2v) is 20.6. The Kier molecular flexibility index (Phi) is 31.9. The van der Waals surface area contributed by atoms with Gasteiger partial charge in [0, 0.05) is 106 Å². The molecule has 4 heterocycles. The van der Waals surface area contributed by atoms with Crippen molar-refractivity contribution in [3.63, 3.8) is 0 Å². The van der Waals surface area contributed by atoms with Gasteiger partial charge in [0.05, 0.1) is 24.5 Å². The van der Waals surface area contributed by atoms with Crippen LogP contribution in [0.4, 0.5) is 8.78 Å². The first-order chi connectivity index (χ1) is 36.1. The maximum atomic E-state index is 10.6. The second kappa shape index (κ2) is 36.1. The summed E-state index contributed by atoms with van der Waals surface area (Å²) in [4.78, 5) is 34.3. The number of carboxylic acid groups (broad SMARTS) is 1. The first-order valence-electron chi connectivity index (χ1n) is 26.8. The predicted molar refractivity (Wildman–Crippen MR) is 325 cm³/mol. The summed E-state index contributed by atoms with van der Waals surface area (Å²) >= 11 is 3.71. The molecule has 0 aliphatic heterocycles. The smallest absolute Gasteiger partial charge is 0.335 e. The number of fused-ring (bicyclic) bond motifs is 4. The van der Waals surface area contributed by atoms with Gasteiger partial charge in [-0.15, -0.1) is 0 Å². The number of carbonyl (C=O) groups is 2. The number of Topliss-reactive ketones (excluding diaryl/α,β-unsaturated/α-hetero) is 1. The van der Waals surface area contributed by atoms with E-state index in [1.807, 2.05) is 6.07 Å². The molecule has 428 valence electrons. The summed E-state index contributed by atoms with van der Waals surface area (Å²) in [5.74, 6) is 1.11. The van der Waals surface area contributed by atoms with Gasteiger partial charge in [0.25, 0.3) is 0 Å². The molecule has 4 aliphatic carbocycles. The van der Waals surface area contributed by atoms with Gasteiger partial charge >= 0.3 is 5.97 Å². The van der Waals surface area contributed by atoms with Crippen molar-refractivity contribution in [2.24, 2.45) is 0 Å². The summed E-state index contributed by atoms with van der Waals surface area (Å²) in [6.45, 7) is 6.44. The molecule has 3 saturated carbocycles. The van der Waals surface area contributed by atoms with Crippen molar-refractivity contribution < 1.29 is 57.3 Å². The summed E-state index contributed by atoms with van der Waals surface area (Å²) in [6.07, 6.45) is 32.9. The van der Waals surface area contributed by atoms with Gasteiger partial charge in [-0.1, -0.05) is 101 Å². The Balaban J connectivity index is 0.000000942. The second-order valence-electron chi connectivity index (χ2n) is 19.8. The molecule has 9 nitrogen and oxygen atoms in total. The van der Waals surface area contributed by atoms with Gasteiger partial charge in [-0.05, 0) is 188 Å². The molecule has 0 radical (unpaired) electrons. The average molecular weight is 1220 g/mol. The van der Waals surface area contributed by atoms with E-state index in [0.717, 1.165) is 55.5 Å². The Morgan fingerprint density at radius 2 is 1.12 bits per heavy atom. The Hall–Kier alpha value is -5.16. The summed E-state index contributed by atoms with van der Waals surface area (Å²) < 4.78 is 20.2. The average Bonchev–Trinajstić information content (AvgIpc) is 4.27. The summed E-state index contributed by atoms with van der Waals surface area (Å²) in [7, 11) is 2.00. The molecule has 12 rings (SSSR count). The fourth-order valence-electron chi connectivity index (χ4n) is 10.8. The van der Waals surface area contributed by atoms with E-state index in [4.69, 9.17) is 10.2 Å². The van der Waals surface area contributed by atoms with Crippen LogP contribution in [0.2, 0.25) is 0 Å². The Bertz CT molecular complexity index is 3000. The predicted octanol–water partition coefficient (Wildman–Crippen LogP) is 18.7. The van der Waals surface area contributed by atoms with E-state index < -0.39 is 5.97 Å². The van der Waals surface area contributed by atoms with Crippen molar-refractivity contribution in [1.29, 1.82) is 0 Å². The van der Waals surface area contributed by atoms with E-state index in [1.165, 1.54) is 167 Å². The number of aromatic amines is 4. The number of benzene rings is 4. The molecule has 77 heavy (non-hydrogen) atoms. The van der Waals surface area contributed by atoms with Gasteiger partial charge < -0.3 is 35.6 Å². The van der Waals surface area contributed by atoms with Crippen LogP contribution in [-0.4, -0.2) is 68.8 Å². The molecule has 0 spiro atoms. The van der Waals surface area contributed by atoms with E-state index >= 15 is 0 Å². The first kappa shape index (κ1) is 68.0. The number of aliphatic hydroxyl groups excluding tert-OH is 1. The molecule has 13 heteroatoms. The minimum absolute atomic E-state index is 0. The van der Waals surface area contributed by atoms with Crippen molar-refractivity contribution in [2.45, 2.75) is 162 Å². The van der Waals surface area contributed by atoms with E-state index in [2.05, 4.69) is 130 Å². The van der Waals surface area contributed by atoms with Gasteiger partial charge in [0.1, 0.15) is 5.78 Å². The monoisotopic (exact) mass is 1220 g/mol. The minimum Gasteiger partial charge on any atom is -0.478 e. The van der Waals surface area contributed by atoms with E-state index in [9.17, 15) is 18.4 Å². The number of nitrogens with one attached hydrogen (secondary N) is 4. The summed E-state index contributed by atoms with van der Waals surface area (Å²) in [5, 5.41) is 20.9. The van der Waals surface area contributed by atoms with Gasteiger partial charge in [-0.25, -0.2) is 4.79 Å². The number of aromatic carboxylic acids is 1. The number of H-pyrrole nitrogens is 4. The van der Waals surface area contributed by atoms with E-state index in [-0.39, 0.29) is 36.2 Å². The number of alkyl halides is 2. The van der Waals surface area contributed by atoms with Crippen molar-refractivity contribution in [3.05, 3.63) is 147 Å². The molecule has 0 unspecified atom stereocenters. The van der Waals surface area contributed by atoms with Crippen LogP contribution in [-0.2, 0) is 25.2 Å². The molecule has 3 fully saturated rings. The molecule has 8 aromatic rings. The van der Waals surface area contributed by atoms with Crippen LogP contribution in [0.3, 0.4) is 0 Å². The molecule has 8 N–H and O–H groups in total. The Morgan fingerprint density at radius 3 is 1.68 bits per heavy atom. The molecule has 0 atom stereocenters.